The second kappa shape index (κ2) is 9.26. The van der Waals surface area contributed by atoms with Crippen molar-refractivity contribution >= 4 is 27.3 Å². The van der Waals surface area contributed by atoms with E-state index in [0.717, 1.165) is 21.5 Å². The number of unbranched alkanes of at least 4 members (excludes halogenated alkanes) is 1. The minimum absolute atomic E-state index is 0.0310. The van der Waals surface area contributed by atoms with E-state index in [4.69, 9.17) is 4.74 Å². The standard InChI is InChI=1S/C25H21NO5/c27-25(22-13-7-9-18-8-1-2-10-19(18)22)23-14-15-24(21-12-4-3-11-20(21)23)30-16-5-6-17-31-26(28)29/h1-4,7-15H,5-6,16-17H2. The number of hydrogen-bond acceptors (Lipinski definition) is 5. The average Bonchev–Trinajstić information content (AvgIpc) is 2.80. The fourth-order valence-electron chi connectivity index (χ4n) is 3.69. The number of fused-ring (bicyclic) bond motifs is 2. The van der Waals surface area contributed by atoms with E-state index >= 15 is 0 Å². The van der Waals surface area contributed by atoms with Crippen molar-refractivity contribution in [1.29, 1.82) is 0 Å². The van der Waals surface area contributed by atoms with E-state index < -0.39 is 5.09 Å². The number of rotatable bonds is 9. The van der Waals surface area contributed by atoms with E-state index in [2.05, 4.69) is 4.84 Å². The average molecular weight is 415 g/mol. The lowest BCUT2D eigenvalue weighted by Gasteiger charge is -2.13. The van der Waals surface area contributed by atoms with Crippen molar-refractivity contribution < 1.29 is 19.5 Å². The van der Waals surface area contributed by atoms with Crippen LogP contribution >= 0.6 is 0 Å². The van der Waals surface area contributed by atoms with Gasteiger partial charge in [0.25, 0.3) is 5.09 Å². The first-order valence-electron chi connectivity index (χ1n) is 10.1. The summed E-state index contributed by atoms with van der Waals surface area (Å²) in [5.74, 6) is 0.650. The van der Waals surface area contributed by atoms with Crippen molar-refractivity contribution in [2.24, 2.45) is 0 Å². The highest BCUT2D eigenvalue weighted by Gasteiger charge is 2.17. The highest BCUT2D eigenvalue weighted by atomic mass is 16.9. The zero-order valence-corrected chi connectivity index (χ0v) is 16.8. The van der Waals surface area contributed by atoms with Gasteiger partial charge in [-0.1, -0.05) is 66.7 Å². The van der Waals surface area contributed by atoms with E-state index in [1.54, 1.807) is 6.07 Å². The third-order valence-electron chi connectivity index (χ3n) is 5.16. The van der Waals surface area contributed by atoms with Crippen LogP contribution in [0.4, 0.5) is 0 Å². The number of nitrogens with zero attached hydrogens (tertiary/aromatic N) is 1. The topological polar surface area (TPSA) is 78.7 Å². The normalized spacial score (nSPS) is 10.8. The lowest BCUT2D eigenvalue weighted by Crippen LogP contribution is -2.06. The predicted octanol–water partition coefficient (Wildman–Crippen LogP) is 5.59. The van der Waals surface area contributed by atoms with Gasteiger partial charge in [0.1, 0.15) is 5.75 Å². The molecule has 31 heavy (non-hydrogen) atoms. The van der Waals surface area contributed by atoms with Gasteiger partial charge in [-0.15, -0.1) is 10.1 Å². The van der Waals surface area contributed by atoms with Crippen LogP contribution in [-0.4, -0.2) is 24.1 Å². The Bertz CT molecular complexity index is 1250. The monoisotopic (exact) mass is 415 g/mol. The fraction of sp³-hybridized carbons (Fsp3) is 0.160. The van der Waals surface area contributed by atoms with Crippen molar-refractivity contribution in [2.75, 3.05) is 13.2 Å². The molecule has 0 N–H and O–H groups in total. The first-order valence-corrected chi connectivity index (χ1v) is 10.1. The Kier molecular flexibility index (Phi) is 6.08. The second-order valence-electron chi connectivity index (χ2n) is 7.13. The van der Waals surface area contributed by atoms with Crippen molar-refractivity contribution in [3.8, 4) is 5.75 Å². The summed E-state index contributed by atoms with van der Waals surface area (Å²) in [6, 6.07) is 24.9. The molecule has 0 amide bonds. The Hall–Kier alpha value is -3.93. The zero-order valence-electron chi connectivity index (χ0n) is 16.8. The van der Waals surface area contributed by atoms with Gasteiger partial charge in [-0.25, -0.2) is 0 Å². The molecule has 0 aliphatic heterocycles. The van der Waals surface area contributed by atoms with Crippen molar-refractivity contribution in [3.05, 3.63) is 100 Å². The summed E-state index contributed by atoms with van der Waals surface area (Å²) in [5, 5.41) is 13.0. The van der Waals surface area contributed by atoms with Crippen LogP contribution < -0.4 is 4.74 Å². The molecule has 6 heteroatoms. The highest BCUT2D eigenvalue weighted by molar-refractivity contribution is 6.21. The molecule has 4 rings (SSSR count). The zero-order chi connectivity index (χ0) is 21.6. The van der Waals surface area contributed by atoms with E-state index in [1.807, 2.05) is 72.8 Å². The van der Waals surface area contributed by atoms with Crippen molar-refractivity contribution in [3.63, 3.8) is 0 Å². The lowest BCUT2D eigenvalue weighted by molar-refractivity contribution is -0.757. The lowest BCUT2D eigenvalue weighted by atomic mass is 9.93. The van der Waals surface area contributed by atoms with Gasteiger partial charge < -0.3 is 9.57 Å². The van der Waals surface area contributed by atoms with Crippen LogP contribution in [-0.2, 0) is 4.84 Å². The Morgan fingerprint density at radius 2 is 1.39 bits per heavy atom. The van der Waals surface area contributed by atoms with E-state index in [-0.39, 0.29) is 12.4 Å². The molecule has 0 bridgehead atoms. The molecule has 156 valence electrons. The van der Waals surface area contributed by atoms with E-state index in [0.29, 0.717) is 36.3 Å². The fourth-order valence-corrected chi connectivity index (χ4v) is 3.69. The van der Waals surface area contributed by atoms with Gasteiger partial charge in [-0.2, -0.15) is 0 Å². The van der Waals surface area contributed by atoms with Crippen LogP contribution in [0.25, 0.3) is 21.5 Å². The summed E-state index contributed by atoms with van der Waals surface area (Å²) in [6.45, 7) is 0.456. The summed E-state index contributed by atoms with van der Waals surface area (Å²) in [6.07, 6.45) is 1.15. The van der Waals surface area contributed by atoms with Gasteiger partial charge in [0.05, 0.1) is 13.2 Å². The smallest absolute Gasteiger partial charge is 0.294 e. The minimum Gasteiger partial charge on any atom is -0.493 e. The number of ketones is 1. The number of benzene rings is 4. The van der Waals surface area contributed by atoms with Crippen molar-refractivity contribution in [2.45, 2.75) is 12.8 Å². The van der Waals surface area contributed by atoms with Crippen LogP contribution in [0.1, 0.15) is 28.8 Å². The summed E-state index contributed by atoms with van der Waals surface area (Å²) < 4.78 is 5.90. The van der Waals surface area contributed by atoms with Crippen molar-refractivity contribution in [1.82, 2.24) is 0 Å². The van der Waals surface area contributed by atoms with Crippen LogP contribution in [0.2, 0.25) is 0 Å². The van der Waals surface area contributed by atoms with Gasteiger partial charge in [-0.05, 0) is 41.1 Å². The molecule has 0 heterocycles. The molecule has 0 unspecified atom stereocenters. The predicted molar refractivity (Wildman–Crippen MR) is 119 cm³/mol. The Labute approximate surface area is 179 Å². The first-order chi connectivity index (χ1) is 15.1. The van der Waals surface area contributed by atoms with Gasteiger partial charge in [0.2, 0.25) is 0 Å². The highest BCUT2D eigenvalue weighted by Crippen LogP contribution is 2.31. The van der Waals surface area contributed by atoms with Crippen LogP contribution in [0.5, 0.6) is 5.75 Å². The molecule has 0 aromatic heterocycles. The molecule has 0 saturated carbocycles. The van der Waals surface area contributed by atoms with E-state index in [1.165, 1.54) is 0 Å². The number of hydrogen-bond donors (Lipinski definition) is 0. The summed E-state index contributed by atoms with van der Waals surface area (Å²) in [5.41, 5.74) is 1.29. The van der Waals surface area contributed by atoms with Crippen LogP contribution in [0.15, 0.2) is 78.9 Å². The van der Waals surface area contributed by atoms with Crippen LogP contribution in [0, 0.1) is 10.1 Å². The Morgan fingerprint density at radius 1 is 0.742 bits per heavy atom. The molecule has 6 nitrogen and oxygen atoms in total. The molecule has 0 spiro atoms. The minimum atomic E-state index is -0.792. The largest absolute Gasteiger partial charge is 0.493 e. The maximum atomic E-state index is 13.5. The molecule has 0 fully saturated rings. The number of carbonyl (C=O) groups excluding carboxylic acids is 1. The quantitative estimate of drug-likeness (QED) is 0.154. The summed E-state index contributed by atoms with van der Waals surface area (Å²) in [4.78, 5) is 28.0. The molecule has 0 radical (unpaired) electrons. The van der Waals surface area contributed by atoms with Gasteiger partial charge in [-0.3, -0.25) is 4.79 Å². The molecular formula is C25H21NO5. The summed E-state index contributed by atoms with van der Waals surface area (Å²) >= 11 is 0. The van der Waals surface area contributed by atoms with Gasteiger partial charge in [0.15, 0.2) is 5.78 Å². The molecule has 0 aliphatic rings. The van der Waals surface area contributed by atoms with E-state index in [9.17, 15) is 14.9 Å². The van der Waals surface area contributed by atoms with Gasteiger partial charge in [0, 0.05) is 16.5 Å². The second-order valence-corrected chi connectivity index (χ2v) is 7.13. The summed E-state index contributed by atoms with van der Waals surface area (Å²) in [7, 11) is 0. The number of ether oxygens (including phenoxy) is 1. The third-order valence-corrected chi connectivity index (χ3v) is 5.16. The maximum Gasteiger partial charge on any atom is 0.294 e. The first kappa shape index (κ1) is 20.3. The molecule has 0 saturated heterocycles. The molecule has 0 atom stereocenters. The molecule has 4 aromatic rings. The van der Waals surface area contributed by atoms with Gasteiger partial charge >= 0.3 is 0 Å². The van der Waals surface area contributed by atoms with Crippen LogP contribution in [0.3, 0.4) is 0 Å². The molecular weight excluding hydrogens is 394 g/mol. The SMILES string of the molecule is O=C(c1cccc2ccccc12)c1ccc(OCCCCO[N+](=O)[O-])c2ccccc12. The maximum absolute atomic E-state index is 13.5. The third kappa shape index (κ3) is 4.48. The molecule has 4 aromatic carbocycles. The molecule has 0 aliphatic carbocycles. The Balaban J connectivity index is 1.59. The Morgan fingerprint density at radius 3 is 2.19 bits per heavy atom. The number of carbonyl (C=O) groups is 1.